The van der Waals surface area contributed by atoms with Crippen molar-refractivity contribution in [1.29, 1.82) is 0 Å². The highest BCUT2D eigenvalue weighted by Gasteiger charge is 2.29. The fourth-order valence-electron chi connectivity index (χ4n) is 3.30. The van der Waals surface area contributed by atoms with Crippen molar-refractivity contribution in [3.8, 4) is 5.88 Å². The van der Waals surface area contributed by atoms with Crippen LogP contribution in [0.4, 0.5) is 11.5 Å². The fourth-order valence-corrected chi connectivity index (χ4v) is 3.30. The first-order valence-electron chi connectivity index (χ1n) is 7.95. The summed E-state index contributed by atoms with van der Waals surface area (Å²) in [6.45, 7) is 5.07. The van der Waals surface area contributed by atoms with Crippen LogP contribution < -0.4 is 9.64 Å². The van der Waals surface area contributed by atoms with Gasteiger partial charge in [-0.2, -0.15) is 4.98 Å². The maximum Gasteiger partial charge on any atom is 0.311 e. The monoisotopic (exact) mass is 322 g/mol. The number of piperidine rings is 1. The second-order valence-electron chi connectivity index (χ2n) is 5.82. The van der Waals surface area contributed by atoms with Crippen LogP contribution in [-0.2, 0) is 4.74 Å². The van der Waals surface area contributed by atoms with Crippen molar-refractivity contribution in [3.05, 3.63) is 22.2 Å². The van der Waals surface area contributed by atoms with Gasteiger partial charge in [-0.15, -0.1) is 0 Å². The lowest BCUT2D eigenvalue weighted by atomic mass is 10.0. The quantitative estimate of drug-likeness (QED) is 0.610. The van der Waals surface area contributed by atoms with Gasteiger partial charge in [-0.1, -0.05) is 0 Å². The average molecular weight is 322 g/mol. The van der Waals surface area contributed by atoms with Gasteiger partial charge in [0.25, 0.3) is 0 Å². The Labute approximate surface area is 135 Å². The van der Waals surface area contributed by atoms with Gasteiger partial charge in [-0.3, -0.25) is 15.0 Å². The Kier molecular flexibility index (Phi) is 4.92. The lowest BCUT2D eigenvalue weighted by Crippen LogP contribution is -2.49. The van der Waals surface area contributed by atoms with E-state index in [2.05, 4.69) is 9.88 Å². The summed E-state index contributed by atoms with van der Waals surface area (Å²) in [6.07, 6.45) is 1.96. The van der Waals surface area contributed by atoms with Gasteiger partial charge in [0.05, 0.1) is 25.2 Å². The predicted molar refractivity (Wildman–Crippen MR) is 85.1 cm³/mol. The van der Waals surface area contributed by atoms with Crippen molar-refractivity contribution < 1.29 is 14.4 Å². The van der Waals surface area contributed by atoms with E-state index in [0.717, 1.165) is 52.2 Å². The van der Waals surface area contributed by atoms with Crippen molar-refractivity contribution in [2.45, 2.75) is 18.9 Å². The van der Waals surface area contributed by atoms with Gasteiger partial charge in [0.15, 0.2) is 0 Å². The maximum absolute atomic E-state index is 11.3. The van der Waals surface area contributed by atoms with E-state index in [4.69, 9.17) is 9.47 Å². The highest BCUT2D eigenvalue weighted by atomic mass is 16.6. The number of nitro groups is 1. The van der Waals surface area contributed by atoms with Crippen LogP contribution in [-0.4, -0.2) is 67.4 Å². The van der Waals surface area contributed by atoms with Crippen LogP contribution in [0.2, 0.25) is 0 Å². The number of pyridine rings is 1. The number of morpholine rings is 1. The molecule has 0 spiro atoms. The Morgan fingerprint density at radius 1 is 1.26 bits per heavy atom. The number of anilines is 1. The zero-order valence-electron chi connectivity index (χ0n) is 13.3. The summed E-state index contributed by atoms with van der Waals surface area (Å²) in [5, 5.41) is 11.3. The highest BCUT2D eigenvalue weighted by Crippen LogP contribution is 2.31. The van der Waals surface area contributed by atoms with E-state index < -0.39 is 0 Å². The first-order valence-corrected chi connectivity index (χ1v) is 7.95. The molecule has 0 aromatic carbocycles. The summed E-state index contributed by atoms with van der Waals surface area (Å²) >= 11 is 0. The number of rotatable bonds is 4. The van der Waals surface area contributed by atoms with Gasteiger partial charge in [0.1, 0.15) is 0 Å². The Balaban J connectivity index is 1.70. The molecule has 8 heteroatoms. The number of methoxy groups -OCH3 is 1. The molecule has 0 atom stereocenters. The number of hydrogen-bond acceptors (Lipinski definition) is 7. The Bertz CT molecular complexity index is 554. The zero-order chi connectivity index (χ0) is 16.2. The molecule has 2 fully saturated rings. The molecule has 0 bridgehead atoms. The van der Waals surface area contributed by atoms with E-state index >= 15 is 0 Å². The topological polar surface area (TPSA) is 81.0 Å². The third kappa shape index (κ3) is 3.53. The lowest BCUT2D eigenvalue weighted by molar-refractivity contribution is -0.384. The number of nitrogens with zero attached hydrogens (tertiary/aromatic N) is 4. The molecule has 0 aliphatic carbocycles. The standard InChI is InChI=1S/C15H22N4O4/c1-22-14-3-2-13(19(20)21)15(16-14)18-6-4-12(5-7-18)17-8-10-23-11-9-17/h2-3,12H,4-11H2,1H3. The van der Waals surface area contributed by atoms with E-state index in [1.165, 1.54) is 19.2 Å². The third-order valence-corrected chi connectivity index (χ3v) is 4.56. The molecule has 0 radical (unpaired) electrons. The van der Waals surface area contributed by atoms with Gasteiger partial charge in [0, 0.05) is 44.4 Å². The molecule has 0 unspecified atom stereocenters. The molecule has 0 amide bonds. The molecule has 0 saturated carbocycles. The Morgan fingerprint density at radius 3 is 2.57 bits per heavy atom. The van der Waals surface area contributed by atoms with Crippen molar-refractivity contribution in [2.24, 2.45) is 0 Å². The Hall–Kier alpha value is -1.93. The molecule has 2 aliphatic rings. The van der Waals surface area contributed by atoms with E-state index in [1.807, 2.05) is 4.90 Å². The van der Waals surface area contributed by atoms with Gasteiger partial charge < -0.3 is 14.4 Å². The minimum Gasteiger partial charge on any atom is -0.481 e. The van der Waals surface area contributed by atoms with E-state index in [-0.39, 0.29) is 10.6 Å². The Morgan fingerprint density at radius 2 is 1.96 bits per heavy atom. The summed E-state index contributed by atoms with van der Waals surface area (Å²) < 4.78 is 10.5. The van der Waals surface area contributed by atoms with E-state index in [0.29, 0.717) is 17.7 Å². The molecule has 8 nitrogen and oxygen atoms in total. The summed E-state index contributed by atoms with van der Waals surface area (Å²) in [5.41, 5.74) is 0.0376. The van der Waals surface area contributed by atoms with Crippen LogP contribution in [0.3, 0.4) is 0 Å². The van der Waals surface area contributed by atoms with Crippen LogP contribution in [0.5, 0.6) is 5.88 Å². The largest absolute Gasteiger partial charge is 0.481 e. The molecule has 126 valence electrons. The molecule has 3 rings (SSSR count). The molecule has 23 heavy (non-hydrogen) atoms. The average Bonchev–Trinajstić information content (AvgIpc) is 2.62. The van der Waals surface area contributed by atoms with Crippen molar-refractivity contribution in [2.75, 3.05) is 51.4 Å². The molecule has 2 aliphatic heterocycles. The second-order valence-corrected chi connectivity index (χ2v) is 5.82. The van der Waals surface area contributed by atoms with E-state index in [9.17, 15) is 10.1 Å². The van der Waals surface area contributed by atoms with Crippen LogP contribution in [0.15, 0.2) is 12.1 Å². The van der Waals surface area contributed by atoms with E-state index in [1.54, 1.807) is 0 Å². The molecule has 1 aromatic rings. The third-order valence-electron chi connectivity index (χ3n) is 4.56. The number of hydrogen-bond donors (Lipinski definition) is 0. The van der Waals surface area contributed by atoms with Crippen LogP contribution in [0.25, 0.3) is 0 Å². The summed E-state index contributed by atoms with van der Waals surface area (Å²) in [4.78, 5) is 19.6. The molecule has 2 saturated heterocycles. The number of ether oxygens (including phenoxy) is 2. The first-order chi connectivity index (χ1) is 11.2. The van der Waals surface area contributed by atoms with Gasteiger partial charge >= 0.3 is 5.69 Å². The van der Waals surface area contributed by atoms with Crippen molar-refractivity contribution in [3.63, 3.8) is 0 Å². The zero-order valence-corrected chi connectivity index (χ0v) is 13.3. The SMILES string of the molecule is COc1ccc([N+](=O)[O-])c(N2CCC(N3CCOCC3)CC2)n1. The van der Waals surface area contributed by atoms with Gasteiger partial charge in [-0.05, 0) is 12.8 Å². The highest BCUT2D eigenvalue weighted by molar-refractivity contribution is 5.59. The summed E-state index contributed by atoms with van der Waals surface area (Å²) in [5.74, 6) is 0.815. The normalized spacial score (nSPS) is 20.5. The molecule has 0 N–H and O–H groups in total. The molecule has 1 aromatic heterocycles. The van der Waals surface area contributed by atoms with Crippen LogP contribution >= 0.6 is 0 Å². The van der Waals surface area contributed by atoms with Crippen LogP contribution in [0.1, 0.15) is 12.8 Å². The maximum atomic E-state index is 11.3. The predicted octanol–water partition coefficient (Wildman–Crippen LogP) is 1.30. The molecular weight excluding hydrogens is 300 g/mol. The minimum atomic E-state index is -0.379. The molecule has 3 heterocycles. The summed E-state index contributed by atoms with van der Waals surface area (Å²) in [6, 6.07) is 3.52. The number of aromatic nitrogens is 1. The van der Waals surface area contributed by atoms with Crippen molar-refractivity contribution in [1.82, 2.24) is 9.88 Å². The minimum absolute atomic E-state index is 0.0376. The van der Waals surface area contributed by atoms with Gasteiger partial charge in [0.2, 0.25) is 11.7 Å². The van der Waals surface area contributed by atoms with Crippen molar-refractivity contribution >= 4 is 11.5 Å². The lowest BCUT2D eigenvalue weighted by Gasteiger charge is -2.40. The molecular formula is C15H22N4O4. The first kappa shape index (κ1) is 15.9. The smallest absolute Gasteiger partial charge is 0.311 e. The second kappa shape index (κ2) is 7.10. The van der Waals surface area contributed by atoms with Gasteiger partial charge in [-0.25, -0.2) is 0 Å². The van der Waals surface area contributed by atoms with Crippen LogP contribution in [0, 0.1) is 10.1 Å². The summed E-state index contributed by atoms with van der Waals surface area (Å²) in [7, 11) is 1.52. The fraction of sp³-hybridized carbons (Fsp3) is 0.667.